The van der Waals surface area contributed by atoms with Gasteiger partial charge in [0.25, 0.3) is 0 Å². The maximum atomic E-state index is 11.4. The van der Waals surface area contributed by atoms with Crippen LogP contribution in [0.1, 0.15) is 33.6 Å². The van der Waals surface area contributed by atoms with Crippen molar-refractivity contribution in [3.63, 3.8) is 0 Å². The van der Waals surface area contributed by atoms with Crippen LogP contribution in [-0.4, -0.2) is 19.4 Å². The van der Waals surface area contributed by atoms with E-state index in [9.17, 15) is 4.79 Å². The van der Waals surface area contributed by atoms with Crippen LogP contribution in [0.2, 0.25) is 0 Å². The minimum Gasteiger partial charge on any atom is -0.319 e. The van der Waals surface area contributed by atoms with Gasteiger partial charge in [0.05, 0.1) is 0 Å². The highest BCUT2D eigenvalue weighted by atomic mass is 16.1. The van der Waals surface area contributed by atoms with Crippen LogP contribution in [0.25, 0.3) is 0 Å². The van der Waals surface area contributed by atoms with Crippen molar-refractivity contribution in [1.82, 2.24) is 5.32 Å². The first-order valence-corrected chi connectivity index (χ1v) is 4.75. The van der Waals surface area contributed by atoms with Crippen LogP contribution in [-0.2, 0) is 4.79 Å². The molecule has 0 aromatic carbocycles. The number of hydrogen-bond acceptors (Lipinski definition) is 2. The average molecular weight is 171 g/mol. The summed E-state index contributed by atoms with van der Waals surface area (Å²) in [7, 11) is 1.88. The van der Waals surface area contributed by atoms with Gasteiger partial charge in [0, 0.05) is 18.9 Å². The van der Waals surface area contributed by atoms with Gasteiger partial charge in [-0.1, -0.05) is 20.8 Å². The summed E-state index contributed by atoms with van der Waals surface area (Å²) in [6.45, 7) is 7.09. The third kappa shape index (κ3) is 5.30. The zero-order valence-corrected chi connectivity index (χ0v) is 8.68. The van der Waals surface area contributed by atoms with E-state index in [1.54, 1.807) is 0 Å². The molecule has 12 heavy (non-hydrogen) atoms. The van der Waals surface area contributed by atoms with Crippen LogP contribution >= 0.6 is 0 Å². The number of Topliss-reactive ketones (excluding diaryl/α,β-unsaturated/α-hetero) is 1. The molecule has 1 atom stereocenters. The van der Waals surface area contributed by atoms with Crippen molar-refractivity contribution in [1.29, 1.82) is 0 Å². The number of nitrogens with one attached hydrogen (secondary N) is 1. The predicted molar refractivity (Wildman–Crippen MR) is 52.2 cm³/mol. The molecule has 0 spiro atoms. The molecule has 1 unspecified atom stereocenters. The molecule has 0 aliphatic rings. The van der Waals surface area contributed by atoms with Crippen molar-refractivity contribution in [2.24, 2.45) is 11.8 Å². The Morgan fingerprint density at radius 3 is 2.33 bits per heavy atom. The van der Waals surface area contributed by atoms with Gasteiger partial charge in [0.15, 0.2) is 0 Å². The average Bonchev–Trinajstić information content (AvgIpc) is 2.00. The first kappa shape index (κ1) is 11.6. The smallest absolute Gasteiger partial charge is 0.136 e. The fraction of sp³-hybridized carbons (Fsp3) is 0.900. The fourth-order valence-electron chi connectivity index (χ4n) is 1.10. The SMILES string of the molecule is CNCC(C)C(=O)CCC(C)C. The Balaban J connectivity index is 3.57. The summed E-state index contributed by atoms with van der Waals surface area (Å²) in [6.07, 6.45) is 1.76. The lowest BCUT2D eigenvalue weighted by Crippen LogP contribution is -2.23. The summed E-state index contributed by atoms with van der Waals surface area (Å²) in [4.78, 5) is 11.4. The summed E-state index contributed by atoms with van der Waals surface area (Å²) < 4.78 is 0. The van der Waals surface area contributed by atoms with Crippen LogP contribution in [0.5, 0.6) is 0 Å². The zero-order valence-electron chi connectivity index (χ0n) is 8.68. The standard InChI is InChI=1S/C10H21NO/c1-8(2)5-6-10(12)9(3)7-11-4/h8-9,11H,5-7H2,1-4H3. The van der Waals surface area contributed by atoms with Gasteiger partial charge in [-0.05, 0) is 19.4 Å². The van der Waals surface area contributed by atoms with Crippen molar-refractivity contribution < 1.29 is 4.79 Å². The molecule has 0 bridgehead atoms. The maximum absolute atomic E-state index is 11.4. The molecule has 0 aromatic heterocycles. The summed E-state index contributed by atoms with van der Waals surface area (Å²) in [5, 5.41) is 3.02. The molecule has 0 amide bonds. The number of rotatable bonds is 6. The van der Waals surface area contributed by atoms with E-state index in [0.29, 0.717) is 11.7 Å². The predicted octanol–water partition coefficient (Wildman–Crippen LogP) is 1.85. The van der Waals surface area contributed by atoms with E-state index in [2.05, 4.69) is 19.2 Å². The molecule has 0 heterocycles. The van der Waals surface area contributed by atoms with Gasteiger partial charge in [-0.15, -0.1) is 0 Å². The van der Waals surface area contributed by atoms with Crippen LogP contribution in [0.4, 0.5) is 0 Å². The Kier molecular flexibility index (Phi) is 5.99. The highest BCUT2D eigenvalue weighted by Gasteiger charge is 2.11. The molecular formula is C10H21NO. The zero-order chi connectivity index (χ0) is 9.56. The van der Waals surface area contributed by atoms with Crippen molar-refractivity contribution in [3.05, 3.63) is 0 Å². The Bertz CT molecular complexity index is 132. The Morgan fingerprint density at radius 2 is 1.92 bits per heavy atom. The normalized spacial score (nSPS) is 13.4. The molecule has 0 aromatic rings. The van der Waals surface area contributed by atoms with E-state index >= 15 is 0 Å². The van der Waals surface area contributed by atoms with Gasteiger partial charge in [-0.2, -0.15) is 0 Å². The first-order valence-electron chi connectivity index (χ1n) is 4.75. The van der Waals surface area contributed by atoms with E-state index in [1.165, 1.54) is 0 Å². The molecular weight excluding hydrogens is 150 g/mol. The highest BCUT2D eigenvalue weighted by Crippen LogP contribution is 2.08. The third-order valence-electron chi connectivity index (χ3n) is 2.03. The molecule has 0 rings (SSSR count). The van der Waals surface area contributed by atoms with E-state index < -0.39 is 0 Å². The molecule has 0 aliphatic carbocycles. The number of hydrogen-bond donors (Lipinski definition) is 1. The fourth-order valence-corrected chi connectivity index (χ4v) is 1.10. The quantitative estimate of drug-likeness (QED) is 0.660. The lowest BCUT2D eigenvalue weighted by molar-refractivity contribution is -0.122. The maximum Gasteiger partial charge on any atom is 0.136 e. The first-order chi connectivity index (χ1) is 5.57. The van der Waals surface area contributed by atoms with E-state index in [0.717, 1.165) is 19.4 Å². The largest absolute Gasteiger partial charge is 0.319 e. The summed E-state index contributed by atoms with van der Waals surface area (Å²) in [5.41, 5.74) is 0. The van der Waals surface area contributed by atoms with Crippen molar-refractivity contribution in [2.75, 3.05) is 13.6 Å². The summed E-state index contributed by atoms with van der Waals surface area (Å²) >= 11 is 0. The molecule has 1 N–H and O–H groups in total. The van der Waals surface area contributed by atoms with Gasteiger partial charge in [-0.3, -0.25) is 4.79 Å². The number of carbonyl (C=O) groups excluding carboxylic acids is 1. The Labute approximate surface area is 75.7 Å². The molecule has 0 saturated heterocycles. The molecule has 0 saturated carbocycles. The second kappa shape index (κ2) is 6.18. The lowest BCUT2D eigenvalue weighted by Gasteiger charge is -2.10. The van der Waals surface area contributed by atoms with E-state index in [4.69, 9.17) is 0 Å². The highest BCUT2D eigenvalue weighted by molar-refractivity contribution is 5.80. The Hall–Kier alpha value is -0.370. The number of carbonyl (C=O) groups is 1. The van der Waals surface area contributed by atoms with Gasteiger partial charge >= 0.3 is 0 Å². The van der Waals surface area contributed by atoms with E-state index in [1.807, 2.05) is 14.0 Å². The molecule has 0 fully saturated rings. The molecule has 72 valence electrons. The Morgan fingerprint density at radius 1 is 1.33 bits per heavy atom. The topological polar surface area (TPSA) is 29.1 Å². The van der Waals surface area contributed by atoms with Crippen molar-refractivity contribution in [3.8, 4) is 0 Å². The third-order valence-corrected chi connectivity index (χ3v) is 2.03. The monoisotopic (exact) mass is 171 g/mol. The van der Waals surface area contributed by atoms with Crippen molar-refractivity contribution >= 4 is 5.78 Å². The second-order valence-electron chi connectivity index (χ2n) is 3.86. The second-order valence-corrected chi connectivity index (χ2v) is 3.86. The number of ketones is 1. The van der Waals surface area contributed by atoms with Gasteiger partial charge < -0.3 is 5.32 Å². The minimum absolute atomic E-state index is 0.175. The van der Waals surface area contributed by atoms with Gasteiger partial charge in [0.2, 0.25) is 0 Å². The lowest BCUT2D eigenvalue weighted by atomic mass is 9.98. The molecule has 0 aliphatic heterocycles. The van der Waals surface area contributed by atoms with Crippen LogP contribution in [0, 0.1) is 11.8 Å². The molecule has 0 radical (unpaired) electrons. The van der Waals surface area contributed by atoms with E-state index in [-0.39, 0.29) is 5.92 Å². The van der Waals surface area contributed by atoms with Crippen LogP contribution in [0.3, 0.4) is 0 Å². The summed E-state index contributed by atoms with van der Waals surface area (Å²) in [6, 6.07) is 0. The van der Waals surface area contributed by atoms with Crippen LogP contribution in [0.15, 0.2) is 0 Å². The van der Waals surface area contributed by atoms with Crippen LogP contribution < -0.4 is 5.32 Å². The van der Waals surface area contributed by atoms with Gasteiger partial charge in [-0.25, -0.2) is 0 Å². The molecule has 2 nitrogen and oxygen atoms in total. The van der Waals surface area contributed by atoms with Crippen molar-refractivity contribution in [2.45, 2.75) is 33.6 Å². The molecule has 2 heteroatoms. The van der Waals surface area contributed by atoms with Gasteiger partial charge in [0.1, 0.15) is 5.78 Å². The summed E-state index contributed by atoms with van der Waals surface area (Å²) in [5.74, 6) is 1.20. The minimum atomic E-state index is 0.175.